The van der Waals surface area contributed by atoms with Crippen molar-refractivity contribution in [1.82, 2.24) is 10.5 Å². The molecule has 1 aromatic carbocycles. The maximum Gasteiger partial charge on any atom is 0.260 e. The highest BCUT2D eigenvalue weighted by Gasteiger charge is 2.14. The number of nitrogens with one attached hydrogen (secondary N) is 3. The van der Waals surface area contributed by atoms with Gasteiger partial charge in [-0.2, -0.15) is 0 Å². The Morgan fingerprint density at radius 1 is 1.17 bits per heavy atom. The van der Waals surface area contributed by atoms with Crippen LogP contribution in [-0.2, 0) is 4.79 Å². The van der Waals surface area contributed by atoms with Crippen molar-refractivity contribution in [3.05, 3.63) is 41.8 Å². The zero-order valence-corrected chi connectivity index (χ0v) is 14.6. The van der Waals surface area contributed by atoms with E-state index in [4.69, 9.17) is 4.52 Å². The molecule has 130 valence electrons. The summed E-state index contributed by atoms with van der Waals surface area (Å²) in [5.74, 6) is -0.0136. The number of benzene rings is 1. The van der Waals surface area contributed by atoms with Gasteiger partial charge < -0.3 is 20.5 Å². The quantitative estimate of drug-likeness (QED) is 0.742. The minimum absolute atomic E-state index is 0. The first-order chi connectivity index (χ1) is 11.0. The summed E-state index contributed by atoms with van der Waals surface area (Å²) in [4.78, 5) is 24.0. The molecule has 0 aliphatic heterocycles. The molecule has 0 aliphatic rings. The molecule has 0 aliphatic carbocycles. The second-order valence-electron chi connectivity index (χ2n) is 5.28. The first-order valence-corrected chi connectivity index (χ1v) is 7.29. The Balaban J connectivity index is 0.00000288. The first-order valence-electron chi connectivity index (χ1n) is 7.29. The van der Waals surface area contributed by atoms with Crippen molar-refractivity contribution in [3.63, 3.8) is 0 Å². The van der Waals surface area contributed by atoms with Gasteiger partial charge in [-0.15, -0.1) is 12.4 Å². The number of carbonyl (C=O) groups excluding carboxylic acids is 2. The van der Waals surface area contributed by atoms with Crippen molar-refractivity contribution in [1.29, 1.82) is 0 Å². The lowest BCUT2D eigenvalue weighted by molar-refractivity contribution is -0.119. The van der Waals surface area contributed by atoms with Crippen LogP contribution in [0.1, 0.15) is 23.0 Å². The monoisotopic (exact) mass is 352 g/mol. The number of carbonyl (C=O) groups is 2. The van der Waals surface area contributed by atoms with E-state index in [1.807, 2.05) is 6.92 Å². The topological polar surface area (TPSA) is 96.3 Å². The van der Waals surface area contributed by atoms with E-state index in [1.165, 1.54) is 6.20 Å². The van der Waals surface area contributed by atoms with Crippen LogP contribution in [-0.4, -0.2) is 30.6 Å². The molecule has 0 saturated carbocycles. The average molecular weight is 353 g/mol. The molecule has 2 rings (SSSR count). The normalized spacial score (nSPS) is 11.3. The third-order valence-corrected chi connectivity index (χ3v) is 3.36. The highest BCUT2D eigenvalue weighted by atomic mass is 35.5. The second kappa shape index (κ2) is 9.05. The number of rotatable bonds is 6. The molecule has 2 aromatic rings. The fourth-order valence-electron chi connectivity index (χ4n) is 2.02. The minimum Gasteiger partial charge on any atom is -0.361 e. The Hall–Kier alpha value is -2.38. The molecule has 3 N–H and O–H groups in total. The lowest BCUT2D eigenvalue weighted by Crippen LogP contribution is -2.28. The standard InChI is InChI=1S/C16H20N4O3.ClH/c1-10(8-17-3)15(21)19-12-4-6-13(7-5-12)20-16(22)14-9-18-23-11(14)2;/h4-7,9-10,17H,8H2,1-3H3,(H,19,21)(H,20,22);1H. The Morgan fingerprint density at radius 3 is 2.25 bits per heavy atom. The van der Waals surface area contributed by atoms with E-state index in [1.54, 1.807) is 38.2 Å². The van der Waals surface area contributed by atoms with Gasteiger partial charge in [0.05, 0.1) is 6.20 Å². The molecule has 8 heteroatoms. The van der Waals surface area contributed by atoms with Crippen LogP contribution in [0, 0.1) is 12.8 Å². The molecule has 0 saturated heterocycles. The van der Waals surface area contributed by atoms with E-state index in [9.17, 15) is 9.59 Å². The lowest BCUT2D eigenvalue weighted by Gasteiger charge is -2.12. The second-order valence-corrected chi connectivity index (χ2v) is 5.28. The van der Waals surface area contributed by atoms with E-state index >= 15 is 0 Å². The minimum atomic E-state index is -0.289. The van der Waals surface area contributed by atoms with Crippen LogP contribution in [0.4, 0.5) is 11.4 Å². The number of hydrogen-bond donors (Lipinski definition) is 3. The summed E-state index contributed by atoms with van der Waals surface area (Å²) >= 11 is 0. The van der Waals surface area contributed by atoms with E-state index in [0.717, 1.165) is 0 Å². The molecule has 1 atom stereocenters. The number of nitrogens with zero attached hydrogens (tertiary/aromatic N) is 1. The molecule has 0 spiro atoms. The highest BCUT2D eigenvalue weighted by molar-refractivity contribution is 6.04. The summed E-state index contributed by atoms with van der Waals surface area (Å²) in [7, 11) is 1.80. The number of halogens is 1. The van der Waals surface area contributed by atoms with Crippen LogP contribution < -0.4 is 16.0 Å². The molecule has 24 heavy (non-hydrogen) atoms. The van der Waals surface area contributed by atoms with Gasteiger partial charge in [-0.25, -0.2) is 0 Å². The van der Waals surface area contributed by atoms with Gasteiger partial charge in [-0.05, 0) is 38.2 Å². The van der Waals surface area contributed by atoms with Crippen LogP contribution in [0.3, 0.4) is 0 Å². The van der Waals surface area contributed by atoms with Crippen molar-refractivity contribution < 1.29 is 14.1 Å². The van der Waals surface area contributed by atoms with Crippen molar-refractivity contribution in [2.45, 2.75) is 13.8 Å². The molecular formula is C16H21ClN4O3. The van der Waals surface area contributed by atoms with Gasteiger partial charge in [-0.1, -0.05) is 12.1 Å². The molecule has 2 amide bonds. The molecule has 0 fully saturated rings. The Labute approximate surface area is 146 Å². The van der Waals surface area contributed by atoms with Crippen LogP contribution in [0.25, 0.3) is 0 Å². The Morgan fingerprint density at radius 2 is 1.75 bits per heavy atom. The molecule has 1 unspecified atom stereocenters. The molecule has 7 nitrogen and oxygen atoms in total. The number of anilines is 2. The third kappa shape index (κ3) is 5.07. The van der Waals surface area contributed by atoms with Crippen LogP contribution >= 0.6 is 12.4 Å². The van der Waals surface area contributed by atoms with Crippen LogP contribution in [0.5, 0.6) is 0 Å². The number of aromatic nitrogens is 1. The van der Waals surface area contributed by atoms with Crippen molar-refractivity contribution >= 4 is 35.6 Å². The number of hydrogen-bond acceptors (Lipinski definition) is 5. The van der Waals surface area contributed by atoms with Gasteiger partial charge in [0.1, 0.15) is 11.3 Å². The van der Waals surface area contributed by atoms with Crippen molar-refractivity contribution in [3.8, 4) is 0 Å². The summed E-state index contributed by atoms with van der Waals surface area (Å²) in [6.45, 7) is 4.13. The molecule has 1 aromatic heterocycles. The maximum atomic E-state index is 12.0. The van der Waals surface area contributed by atoms with Gasteiger partial charge in [0.15, 0.2) is 0 Å². The highest BCUT2D eigenvalue weighted by Crippen LogP contribution is 2.16. The fourth-order valence-corrected chi connectivity index (χ4v) is 2.02. The SMILES string of the molecule is CNCC(C)C(=O)Nc1ccc(NC(=O)c2cnoc2C)cc1.Cl. The van der Waals surface area contributed by atoms with Crippen molar-refractivity contribution in [2.24, 2.45) is 5.92 Å². The van der Waals surface area contributed by atoms with E-state index in [2.05, 4.69) is 21.1 Å². The van der Waals surface area contributed by atoms with Gasteiger partial charge in [0.25, 0.3) is 5.91 Å². The molecular weight excluding hydrogens is 332 g/mol. The van der Waals surface area contributed by atoms with Crippen LogP contribution in [0.15, 0.2) is 35.0 Å². The molecule has 0 radical (unpaired) electrons. The summed E-state index contributed by atoms with van der Waals surface area (Å²) in [6, 6.07) is 6.92. The van der Waals surface area contributed by atoms with E-state index < -0.39 is 0 Å². The maximum absolute atomic E-state index is 12.0. The third-order valence-electron chi connectivity index (χ3n) is 3.36. The number of amides is 2. The van der Waals surface area contributed by atoms with Gasteiger partial charge >= 0.3 is 0 Å². The smallest absolute Gasteiger partial charge is 0.260 e. The molecule has 1 heterocycles. The summed E-state index contributed by atoms with van der Waals surface area (Å²) < 4.78 is 4.86. The fraction of sp³-hybridized carbons (Fsp3) is 0.312. The zero-order valence-electron chi connectivity index (χ0n) is 13.8. The summed E-state index contributed by atoms with van der Waals surface area (Å²) in [5, 5.41) is 12.1. The predicted octanol–water partition coefficient (Wildman–Crippen LogP) is 2.45. The largest absolute Gasteiger partial charge is 0.361 e. The predicted molar refractivity (Wildman–Crippen MR) is 94.6 cm³/mol. The lowest BCUT2D eigenvalue weighted by atomic mass is 10.1. The van der Waals surface area contributed by atoms with Gasteiger partial charge in [0.2, 0.25) is 5.91 Å². The van der Waals surface area contributed by atoms with E-state index in [0.29, 0.717) is 29.2 Å². The molecule has 0 bridgehead atoms. The average Bonchev–Trinajstić information content (AvgIpc) is 2.95. The van der Waals surface area contributed by atoms with E-state index in [-0.39, 0.29) is 30.1 Å². The summed E-state index contributed by atoms with van der Waals surface area (Å²) in [5.41, 5.74) is 1.69. The summed E-state index contributed by atoms with van der Waals surface area (Å²) in [6.07, 6.45) is 1.38. The van der Waals surface area contributed by atoms with Crippen LogP contribution in [0.2, 0.25) is 0 Å². The van der Waals surface area contributed by atoms with Gasteiger partial charge in [-0.3, -0.25) is 9.59 Å². The Bertz CT molecular complexity index is 685. The first kappa shape index (κ1) is 19.7. The Kier molecular flexibility index (Phi) is 7.41. The zero-order chi connectivity index (χ0) is 16.8. The number of aryl methyl sites for hydroxylation is 1. The van der Waals surface area contributed by atoms with Crippen molar-refractivity contribution in [2.75, 3.05) is 24.2 Å². The van der Waals surface area contributed by atoms with Gasteiger partial charge in [0, 0.05) is 23.8 Å².